The predicted octanol–water partition coefficient (Wildman–Crippen LogP) is 4.38. The lowest BCUT2D eigenvalue weighted by molar-refractivity contribution is 0.374. The molecular weight excluding hydrogens is 248 g/mol. The van der Waals surface area contributed by atoms with E-state index in [-0.39, 0.29) is 10.8 Å². The molecule has 0 bridgehead atoms. The summed E-state index contributed by atoms with van der Waals surface area (Å²) >= 11 is 0. The largest absolute Gasteiger partial charge is 0.380 e. The number of aromatic nitrogens is 1. The van der Waals surface area contributed by atoms with Gasteiger partial charge in [-0.3, -0.25) is 0 Å². The highest BCUT2D eigenvalue weighted by atomic mass is 16.5. The fourth-order valence-electron chi connectivity index (χ4n) is 3.49. The Balaban J connectivity index is 2.16. The molecule has 1 aliphatic carbocycles. The van der Waals surface area contributed by atoms with Gasteiger partial charge in [0, 0.05) is 5.92 Å². The minimum absolute atomic E-state index is 0.205. The lowest BCUT2D eigenvalue weighted by Crippen LogP contribution is -1.95. The third-order valence-electron chi connectivity index (χ3n) is 5.44. The molecule has 0 aliphatic heterocycles. The molecule has 0 atom stereocenters. The van der Waals surface area contributed by atoms with Crippen molar-refractivity contribution < 1.29 is 4.52 Å². The van der Waals surface area contributed by atoms with Crippen molar-refractivity contribution in [1.29, 1.82) is 0 Å². The summed E-state index contributed by atoms with van der Waals surface area (Å²) in [5.74, 6) is 1.79. The van der Waals surface area contributed by atoms with E-state index in [1.54, 1.807) is 0 Å². The molecule has 0 amide bonds. The van der Waals surface area contributed by atoms with Crippen molar-refractivity contribution in [2.45, 2.75) is 40.5 Å². The summed E-state index contributed by atoms with van der Waals surface area (Å²) < 4.78 is 5.63. The topological polar surface area (TPSA) is 52.0 Å². The van der Waals surface area contributed by atoms with Crippen LogP contribution in [0.5, 0.6) is 0 Å². The Morgan fingerprint density at radius 2 is 1.70 bits per heavy atom. The second-order valence-electron chi connectivity index (χ2n) is 7.00. The zero-order valence-electron chi connectivity index (χ0n) is 12.8. The molecule has 0 saturated heterocycles. The van der Waals surface area contributed by atoms with Gasteiger partial charge in [-0.25, -0.2) is 0 Å². The van der Waals surface area contributed by atoms with E-state index >= 15 is 0 Å². The summed E-state index contributed by atoms with van der Waals surface area (Å²) in [5.41, 5.74) is 9.79. The van der Waals surface area contributed by atoms with Crippen molar-refractivity contribution in [3.05, 3.63) is 35.6 Å². The molecule has 0 spiro atoms. The molecule has 1 aromatic carbocycles. The van der Waals surface area contributed by atoms with Gasteiger partial charge in [0.05, 0.1) is 5.56 Å². The molecule has 2 aromatic rings. The van der Waals surface area contributed by atoms with E-state index in [9.17, 15) is 0 Å². The summed E-state index contributed by atoms with van der Waals surface area (Å²) in [7, 11) is 0. The van der Waals surface area contributed by atoms with Crippen molar-refractivity contribution >= 4 is 5.82 Å². The molecular formula is C17H22N2O. The lowest BCUT2D eigenvalue weighted by Gasteiger charge is -2.07. The zero-order valence-corrected chi connectivity index (χ0v) is 12.8. The maximum absolute atomic E-state index is 6.08. The van der Waals surface area contributed by atoms with Crippen LogP contribution in [0.4, 0.5) is 5.82 Å². The molecule has 106 valence electrons. The molecule has 0 unspecified atom stereocenters. The summed E-state index contributed by atoms with van der Waals surface area (Å²) in [6.45, 7) is 11.2. The summed E-state index contributed by atoms with van der Waals surface area (Å²) in [6, 6.07) is 8.24. The van der Waals surface area contributed by atoms with Crippen molar-refractivity contribution in [1.82, 2.24) is 5.16 Å². The smallest absolute Gasteiger partial charge is 0.175 e. The molecule has 1 fully saturated rings. The van der Waals surface area contributed by atoms with Gasteiger partial charge in [0.1, 0.15) is 0 Å². The van der Waals surface area contributed by atoms with Gasteiger partial charge in [0.15, 0.2) is 11.6 Å². The number of nitrogen functional groups attached to an aromatic ring is 1. The summed E-state index contributed by atoms with van der Waals surface area (Å²) in [4.78, 5) is 0. The third kappa shape index (κ3) is 1.55. The first-order chi connectivity index (χ1) is 9.28. The van der Waals surface area contributed by atoms with Crippen LogP contribution in [0.2, 0.25) is 0 Å². The Hall–Kier alpha value is -1.77. The number of benzene rings is 1. The standard InChI is InChI=1S/C17H22N2O/c1-10-8-6-7-9-11(10)12-13(20-19-15(12)18)14-16(2,3)17(14,4)5/h6-9,14H,1-5H3,(H2,18,19). The van der Waals surface area contributed by atoms with Crippen LogP contribution >= 0.6 is 0 Å². The number of anilines is 1. The number of nitrogens with zero attached hydrogens (tertiary/aromatic N) is 1. The number of hydrogen-bond donors (Lipinski definition) is 1. The average Bonchev–Trinajstić information content (AvgIpc) is 2.65. The molecule has 20 heavy (non-hydrogen) atoms. The van der Waals surface area contributed by atoms with Crippen molar-refractivity contribution in [3.63, 3.8) is 0 Å². The Bertz CT molecular complexity index is 653. The van der Waals surface area contributed by atoms with Crippen molar-refractivity contribution in [3.8, 4) is 11.1 Å². The minimum atomic E-state index is 0.205. The highest BCUT2D eigenvalue weighted by Crippen LogP contribution is 2.74. The molecule has 1 heterocycles. The lowest BCUT2D eigenvalue weighted by atomic mass is 9.97. The zero-order chi connectivity index (χ0) is 14.7. The first-order valence-corrected chi connectivity index (χ1v) is 7.09. The van der Waals surface area contributed by atoms with Gasteiger partial charge < -0.3 is 10.3 Å². The van der Waals surface area contributed by atoms with E-state index in [1.165, 1.54) is 5.56 Å². The fraction of sp³-hybridized carbons (Fsp3) is 0.471. The SMILES string of the molecule is Cc1ccccc1-c1c(N)noc1C1C(C)(C)C1(C)C. The van der Waals surface area contributed by atoms with Crippen LogP contribution < -0.4 is 5.73 Å². The van der Waals surface area contributed by atoms with E-state index in [0.717, 1.165) is 16.9 Å². The Morgan fingerprint density at radius 3 is 2.25 bits per heavy atom. The van der Waals surface area contributed by atoms with Crippen molar-refractivity contribution in [2.24, 2.45) is 10.8 Å². The van der Waals surface area contributed by atoms with Gasteiger partial charge in [0.2, 0.25) is 0 Å². The maximum atomic E-state index is 6.08. The summed E-state index contributed by atoms with van der Waals surface area (Å²) in [6.07, 6.45) is 0. The van der Waals surface area contributed by atoms with Gasteiger partial charge in [-0.2, -0.15) is 0 Å². The van der Waals surface area contributed by atoms with Gasteiger partial charge in [-0.1, -0.05) is 57.1 Å². The van der Waals surface area contributed by atoms with Crippen LogP contribution in [0.15, 0.2) is 28.8 Å². The van der Waals surface area contributed by atoms with Gasteiger partial charge in [-0.15, -0.1) is 0 Å². The molecule has 2 N–H and O–H groups in total. The monoisotopic (exact) mass is 270 g/mol. The molecule has 1 saturated carbocycles. The average molecular weight is 270 g/mol. The number of rotatable bonds is 2. The van der Waals surface area contributed by atoms with Crippen LogP contribution in [0.1, 0.15) is 44.9 Å². The fourth-order valence-corrected chi connectivity index (χ4v) is 3.49. The van der Waals surface area contributed by atoms with Crippen LogP contribution in [0.3, 0.4) is 0 Å². The number of hydrogen-bond acceptors (Lipinski definition) is 3. The third-order valence-corrected chi connectivity index (χ3v) is 5.44. The normalized spacial score (nSPS) is 20.1. The van der Waals surface area contributed by atoms with E-state index in [1.807, 2.05) is 12.1 Å². The Kier molecular flexibility index (Phi) is 2.56. The van der Waals surface area contributed by atoms with Crippen molar-refractivity contribution in [2.75, 3.05) is 5.73 Å². The highest BCUT2D eigenvalue weighted by molar-refractivity contribution is 5.79. The van der Waals surface area contributed by atoms with Crippen LogP contribution in [0, 0.1) is 17.8 Å². The first-order valence-electron chi connectivity index (χ1n) is 7.09. The van der Waals surface area contributed by atoms with Gasteiger partial charge in [-0.05, 0) is 28.9 Å². The second kappa shape index (κ2) is 3.87. The molecule has 3 heteroatoms. The first kappa shape index (κ1) is 13.2. The van der Waals surface area contributed by atoms with E-state index in [0.29, 0.717) is 11.7 Å². The maximum Gasteiger partial charge on any atom is 0.175 e. The molecule has 3 rings (SSSR count). The molecule has 1 aromatic heterocycles. The van der Waals surface area contributed by atoms with Gasteiger partial charge >= 0.3 is 0 Å². The molecule has 1 aliphatic rings. The Labute approximate surface area is 120 Å². The van der Waals surface area contributed by atoms with E-state index in [2.05, 4.69) is 51.9 Å². The minimum Gasteiger partial charge on any atom is -0.380 e. The molecule has 3 nitrogen and oxygen atoms in total. The number of aryl methyl sites for hydroxylation is 1. The predicted molar refractivity (Wildman–Crippen MR) is 81.4 cm³/mol. The van der Waals surface area contributed by atoms with Crippen LogP contribution in [-0.2, 0) is 0 Å². The summed E-state index contributed by atoms with van der Waals surface area (Å²) in [5, 5.41) is 4.03. The van der Waals surface area contributed by atoms with Gasteiger partial charge in [0.25, 0.3) is 0 Å². The highest BCUT2D eigenvalue weighted by Gasteiger charge is 2.67. The Morgan fingerprint density at radius 1 is 1.10 bits per heavy atom. The van der Waals surface area contributed by atoms with Crippen LogP contribution in [0.25, 0.3) is 11.1 Å². The number of nitrogens with two attached hydrogens (primary N) is 1. The van der Waals surface area contributed by atoms with E-state index in [4.69, 9.17) is 10.3 Å². The van der Waals surface area contributed by atoms with Crippen LogP contribution in [-0.4, -0.2) is 5.16 Å². The molecule has 0 radical (unpaired) electrons. The van der Waals surface area contributed by atoms with E-state index < -0.39 is 0 Å². The second-order valence-corrected chi connectivity index (χ2v) is 7.00. The quantitative estimate of drug-likeness (QED) is 0.881.